The maximum atomic E-state index is 13.4. The molecular weight excluding hydrogens is 655 g/mol. The fourth-order valence-corrected chi connectivity index (χ4v) is 5.26. The number of carbonyl (C=O) groups excluding carboxylic acids is 3. The molecule has 4 aromatic carbocycles. The van der Waals surface area contributed by atoms with Gasteiger partial charge in [-0.15, -0.1) is 11.8 Å². The SMILES string of the molecule is COc1ccc(/C=C(\NC(=O)c2ccccc2)C(=O)Nc2ccc(SC(C)C(=O)Nc3ccc(Cl)cc3C(F)(F)F)cc2)cc1OC. The average molecular weight is 684 g/mol. The van der Waals surface area contributed by atoms with Crippen molar-refractivity contribution in [2.45, 2.75) is 23.2 Å². The molecule has 0 aliphatic heterocycles. The molecule has 0 heterocycles. The van der Waals surface area contributed by atoms with E-state index in [1.165, 1.54) is 26.4 Å². The molecule has 3 N–H and O–H groups in total. The predicted molar refractivity (Wildman–Crippen MR) is 177 cm³/mol. The molecule has 0 bridgehead atoms. The molecule has 0 fully saturated rings. The van der Waals surface area contributed by atoms with Crippen LogP contribution in [0.5, 0.6) is 11.5 Å². The van der Waals surface area contributed by atoms with Gasteiger partial charge in [0.25, 0.3) is 11.8 Å². The van der Waals surface area contributed by atoms with Crippen molar-refractivity contribution >= 4 is 58.5 Å². The van der Waals surface area contributed by atoms with E-state index in [2.05, 4.69) is 16.0 Å². The molecule has 0 saturated carbocycles. The number of methoxy groups -OCH3 is 2. The molecular formula is C34H29ClF3N3O5S. The molecule has 0 aliphatic carbocycles. The van der Waals surface area contributed by atoms with E-state index in [1.807, 2.05) is 0 Å². The van der Waals surface area contributed by atoms with Crippen molar-refractivity contribution < 1.29 is 37.0 Å². The summed E-state index contributed by atoms with van der Waals surface area (Å²) in [6.07, 6.45) is -3.21. The highest BCUT2D eigenvalue weighted by atomic mass is 35.5. The number of thioether (sulfide) groups is 1. The van der Waals surface area contributed by atoms with Crippen LogP contribution < -0.4 is 25.4 Å². The van der Waals surface area contributed by atoms with Gasteiger partial charge in [0, 0.05) is 21.2 Å². The number of nitrogens with one attached hydrogen (secondary N) is 3. The maximum absolute atomic E-state index is 13.4. The molecule has 244 valence electrons. The maximum Gasteiger partial charge on any atom is 0.418 e. The summed E-state index contributed by atoms with van der Waals surface area (Å²) in [4.78, 5) is 39.7. The number of carbonyl (C=O) groups is 3. The number of rotatable bonds is 11. The van der Waals surface area contributed by atoms with Gasteiger partial charge in [-0.1, -0.05) is 35.9 Å². The summed E-state index contributed by atoms with van der Waals surface area (Å²) in [6.45, 7) is 1.56. The van der Waals surface area contributed by atoms with Crippen LogP contribution in [0.1, 0.15) is 28.4 Å². The number of hydrogen-bond donors (Lipinski definition) is 3. The van der Waals surface area contributed by atoms with E-state index in [-0.39, 0.29) is 10.7 Å². The van der Waals surface area contributed by atoms with Crippen LogP contribution in [-0.4, -0.2) is 37.2 Å². The smallest absolute Gasteiger partial charge is 0.418 e. The van der Waals surface area contributed by atoms with Gasteiger partial charge >= 0.3 is 6.18 Å². The number of ether oxygens (including phenoxy) is 2. The molecule has 1 unspecified atom stereocenters. The number of benzene rings is 4. The summed E-state index contributed by atoms with van der Waals surface area (Å²) in [5.41, 5.74) is -0.191. The highest BCUT2D eigenvalue weighted by Crippen LogP contribution is 2.37. The van der Waals surface area contributed by atoms with Crippen molar-refractivity contribution in [2.24, 2.45) is 0 Å². The van der Waals surface area contributed by atoms with Gasteiger partial charge in [0.2, 0.25) is 5.91 Å². The molecule has 4 aromatic rings. The second-order valence-electron chi connectivity index (χ2n) is 9.91. The zero-order valence-corrected chi connectivity index (χ0v) is 26.8. The molecule has 1 atom stereocenters. The lowest BCUT2D eigenvalue weighted by Crippen LogP contribution is -2.30. The van der Waals surface area contributed by atoms with Gasteiger partial charge in [0.1, 0.15) is 5.70 Å². The third-order valence-electron chi connectivity index (χ3n) is 6.59. The van der Waals surface area contributed by atoms with E-state index in [4.69, 9.17) is 21.1 Å². The molecule has 13 heteroatoms. The van der Waals surface area contributed by atoms with Gasteiger partial charge in [-0.3, -0.25) is 14.4 Å². The number of amides is 3. The highest BCUT2D eigenvalue weighted by molar-refractivity contribution is 8.00. The second-order valence-corrected chi connectivity index (χ2v) is 11.8. The van der Waals surface area contributed by atoms with E-state index in [9.17, 15) is 27.6 Å². The van der Waals surface area contributed by atoms with E-state index in [0.29, 0.717) is 33.2 Å². The Balaban J connectivity index is 1.47. The monoisotopic (exact) mass is 683 g/mol. The fourth-order valence-electron chi connectivity index (χ4n) is 4.22. The number of hydrogen-bond acceptors (Lipinski definition) is 6. The minimum atomic E-state index is -4.70. The quantitative estimate of drug-likeness (QED) is 0.110. The van der Waals surface area contributed by atoms with Gasteiger partial charge in [0.15, 0.2) is 11.5 Å². The Morgan fingerprint density at radius 3 is 2.17 bits per heavy atom. The first-order valence-corrected chi connectivity index (χ1v) is 15.2. The average Bonchev–Trinajstić information content (AvgIpc) is 3.05. The molecule has 4 rings (SSSR count). The van der Waals surface area contributed by atoms with Crippen LogP contribution in [0.3, 0.4) is 0 Å². The lowest BCUT2D eigenvalue weighted by atomic mass is 10.1. The standard InChI is InChI=1S/C34H29ClF3N3O5S/c1-20(31(42)40-27-15-10-23(35)19-26(27)34(36,37)38)47-25-13-11-24(12-14-25)39-33(44)28(41-32(43)22-7-5-4-6-8-22)17-21-9-16-29(45-2)30(18-21)46-3/h4-20H,1-3H3,(H,39,44)(H,40,42)(H,41,43)/b28-17-. The molecule has 0 aromatic heterocycles. The molecule has 47 heavy (non-hydrogen) atoms. The molecule has 8 nitrogen and oxygen atoms in total. The Labute approximate surface area is 278 Å². The summed E-state index contributed by atoms with van der Waals surface area (Å²) in [6, 6.07) is 23.0. The van der Waals surface area contributed by atoms with Crippen molar-refractivity contribution in [1.29, 1.82) is 0 Å². The summed E-state index contributed by atoms with van der Waals surface area (Å²) in [5.74, 6) is -0.822. The number of halogens is 4. The fraction of sp³-hybridized carbons (Fsp3) is 0.147. The Morgan fingerprint density at radius 1 is 0.851 bits per heavy atom. The van der Waals surface area contributed by atoms with Crippen molar-refractivity contribution in [3.63, 3.8) is 0 Å². The minimum Gasteiger partial charge on any atom is -0.493 e. The molecule has 0 saturated heterocycles. The number of anilines is 2. The summed E-state index contributed by atoms with van der Waals surface area (Å²) in [7, 11) is 2.98. The highest BCUT2D eigenvalue weighted by Gasteiger charge is 2.34. The predicted octanol–water partition coefficient (Wildman–Crippen LogP) is 7.90. The van der Waals surface area contributed by atoms with Gasteiger partial charge in [-0.25, -0.2) is 0 Å². The van der Waals surface area contributed by atoms with Crippen LogP contribution in [0.25, 0.3) is 6.08 Å². The summed E-state index contributed by atoms with van der Waals surface area (Å²) in [5, 5.41) is 6.87. The van der Waals surface area contributed by atoms with Crippen molar-refractivity contribution in [1.82, 2.24) is 5.32 Å². The first-order valence-electron chi connectivity index (χ1n) is 13.9. The minimum absolute atomic E-state index is 0.0461. The van der Waals surface area contributed by atoms with Crippen molar-refractivity contribution in [3.05, 3.63) is 118 Å². The van der Waals surface area contributed by atoms with Crippen LogP contribution in [0.15, 0.2) is 102 Å². The van der Waals surface area contributed by atoms with Crippen LogP contribution in [-0.2, 0) is 15.8 Å². The van der Waals surface area contributed by atoms with Crippen molar-refractivity contribution in [3.8, 4) is 11.5 Å². The first-order chi connectivity index (χ1) is 22.4. The topological polar surface area (TPSA) is 106 Å². The van der Waals surface area contributed by atoms with E-state index < -0.39 is 40.4 Å². The zero-order valence-electron chi connectivity index (χ0n) is 25.3. The van der Waals surface area contributed by atoms with Gasteiger partial charge < -0.3 is 25.4 Å². The van der Waals surface area contributed by atoms with E-state index in [1.54, 1.807) is 79.7 Å². The van der Waals surface area contributed by atoms with E-state index in [0.717, 1.165) is 23.9 Å². The Bertz CT molecular complexity index is 1780. The zero-order chi connectivity index (χ0) is 34.1. The van der Waals surface area contributed by atoms with E-state index >= 15 is 0 Å². The molecule has 0 radical (unpaired) electrons. The Morgan fingerprint density at radius 2 is 1.53 bits per heavy atom. The molecule has 0 aliphatic rings. The van der Waals surface area contributed by atoms with Crippen molar-refractivity contribution in [2.75, 3.05) is 24.9 Å². The van der Waals surface area contributed by atoms with Crippen LogP contribution in [0, 0.1) is 0 Å². The Kier molecular flexibility index (Phi) is 11.6. The van der Waals surface area contributed by atoms with Crippen LogP contribution >= 0.6 is 23.4 Å². The largest absolute Gasteiger partial charge is 0.493 e. The van der Waals surface area contributed by atoms with Crippen LogP contribution in [0.2, 0.25) is 5.02 Å². The summed E-state index contributed by atoms with van der Waals surface area (Å²) < 4.78 is 50.9. The van der Waals surface area contributed by atoms with Crippen LogP contribution in [0.4, 0.5) is 24.5 Å². The molecule has 3 amide bonds. The molecule has 0 spiro atoms. The summed E-state index contributed by atoms with van der Waals surface area (Å²) >= 11 is 6.84. The number of alkyl halides is 3. The third-order valence-corrected chi connectivity index (χ3v) is 7.93. The van der Waals surface area contributed by atoms with Gasteiger partial charge in [-0.05, 0) is 85.3 Å². The third kappa shape index (κ3) is 9.53. The normalized spacial score (nSPS) is 12.1. The lowest BCUT2D eigenvalue weighted by molar-refractivity contribution is -0.137. The Hall–Kier alpha value is -4.94. The lowest BCUT2D eigenvalue weighted by Gasteiger charge is -2.17. The van der Waals surface area contributed by atoms with Gasteiger partial charge in [-0.2, -0.15) is 13.2 Å². The second kappa shape index (κ2) is 15.6. The van der Waals surface area contributed by atoms with Gasteiger partial charge in [0.05, 0.1) is 30.7 Å². The first kappa shape index (κ1) is 34.9.